The Kier molecular flexibility index (Phi) is 6.47. The molecule has 2 N–H and O–H groups in total. The van der Waals surface area contributed by atoms with Crippen LogP contribution in [0.4, 0.5) is 11.1 Å². The monoisotopic (exact) mass is 455 g/mol. The zero-order valence-corrected chi connectivity index (χ0v) is 19.0. The number of anilines is 2. The summed E-state index contributed by atoms with van der Waals surface area (Å²) < 4.78 is 11.6. The van der Waals surface area contributed by atoms with Crippen molar-refractivity contribution < 1.29 is 14.3 Å². The average molecular weight is 456 g/mol. The van der Waals surface area contributed by atoms with Crippen LogP contribution in [0.25, 0.3) is 10.7 Å². The lowest BCUT2D eigenvalue weighted by Gasteiger charge is -2.35. The topological polar surface area (TPSA) is 120 Å². The number of aromatic nitrogens is 4. The van der Waals surface area contributed by atoms with Crippen molar-refractivity contribution in [3.8, 4) is 22.5 Å². The molecule has 3 heterocycles. The third-order valence-electron chi connectivity index (χ3n) is 5.02. The van der Waals surface area contributed by atoms with Gasteiger partial charge in [0.1, 0.15) is 5.75 Å². The Balaban J connectivity index is 1.67. The van der Waals surface area contributed by atoms with E-state index in [-0.39, 0.29) is 18.0 Å². The summed E-state index contributed by atoms with van der Waals surface area (Å²) in [5, 5.41) is 0.434. The number of nitrogens with two attached hydrogens (primary N) is 1. The van der Waals surface area contributed by atoms with E-state index < -0.39 is 0 Å². The molecule has 1 amide bonds. The molecule has 11 heteroatoms. The summed E-state index contributed by atoms with van der Waals surface area (Å²) in [7, 11) is 3.42. The summed E-state index contributed by atoms with van der Waals surface area (Å²) in [5.41, 5.74) is 6.38. The number of rotatable bonds is 6. The molecule has 1 aliphatic heterocycles. The molecule has 168 valence electrons. The molecule has 0 radical (unpaired) electrons. The van der Waals surface area contributed by atoms with Crippen LogP contribution in [0.3, 0.4) is 0 Å². The van der Waals surface area contributed by atoms with E-state index in [1.54, 1.807) is 44.6 Å². The van der Waals surface area contributed by atoms with E-state index in [0.29, 0.717) is 48.0 Å². The molecule has 1 fully saturated rings. The zero-order valence-electron chi connectivity index (χ0n) is 18.2. The maximum atomic E-state index is 12.1. The fourth-order valence-corrected chi connectivity index (χ4v) is 3.93. The molecule has 0 aliphatic carbocycles. The molecule has 1 aliphatic rings. The summed E-state index contributed by atoms with van der Waals surface area (Å²) in [6.45, 7) is 3.99. The third kappa shape index (κ3) is 4.78. The van der Waals surface area contributed by atoms with E-state index in [1.165, 1.54) is 16.2 Å². The van der Waals surface area contributed by atoms with Gasteiger partial charge in [0.05, 0.1) is 30.3 Å². The molecule has 1 atom stereocenters. The quantitative estimate of drug-likeness (QED) is 0.598. The highest BCUT2D eigenvalue weighted by Crippen LogP contribution is 2.29. The minimum absolute atomic E-state index is 0.0815. The molecule has 0 bridgehead atoms. The van der Waals surface area contributed by atoms with Crippen LogP contribution in [-0.4, -0.2) is 70.6 Å². The van der Waals surface area contributed by atoms with Crippen LogP contribution < -0.4 is 15.4 Å². The van der Waals surface area contributed by atoms with Gasteiger partial charge in [-0.15, -0.1) is 0 Å². The van der Waals surface area contributed by atoms with Crippen molar-refractivity contribution in [3.63, 3.8) is 0 Å². The predicted octanol–water partition coefficient (Wildman–Crippen LogP) is 2.69. The summed E-state index contributed by atoms with van der Waals surface area (Å²) in [5.74, 6) is 1.40. The smallest absolute Gasteiger partial charge is 0.327 e. The summed E-state index contributed by atoms with van der Waals surface area (Å²) in [6, 6.07) is 7.17. The molecular formula is C21H25N7O3S. The average Bonchev–Trinajstić information content (AvgIpc) is 3.25. The first kappa shape index (κ1) is 21.9. The minimum Gasteiger partial charge on any atom is -0.424 e. The van der Waals surface area contributed by atoms with E-state index in [2.05, 4.69) is 31.8 Å². The standard InChI is InChI=1S/C21H25N7O3S/c1-4-14-12-30-10-9-28(14)20-24-17(16-11-23-19(22)32-16)25-21(26-20)31-15-7-5-13(6-8-15)18(29)27(2)3/h5-8,11,14H,4,9-10,12H2,1-3H3,(H2,22,23)/t14-/m1/s1. The van der Waals surface area contributed by atoms with E-state index in [4.69, 9.17) is 15.2 Å². The van der Waals surface area contributed by atoms with Crippen LogP contribution in [0.2, 0.25) is 0 Å². The van der Waals surface area contributed by atoms with Crippen molar-refractivity contribution in [3.05, 3.63) is 36.0 Å². The van der Waals surface area contributed by atoms with Gasteiger partial charge >= 0.3 is 6.01 Å². The van der Waals surface area contributed by atoms with Crippen molar-refractivity contribution in [1.29, 1.82) is 0 Å². The Morgan fingerprint density at radius 1 is 1.28 bits per heavy atom. The van der Waals surface area contributed by atoms with Crippen molar-refractivity contribution in [2.75, 3.05) is 44.5 Å². The van der Waals surface area contributed by atoms with E-state index in [1.807, 2.05) is 0 Å². The highest BCUT2D eigenvalue weighted by molar-refractivity contribution is 7.18. The lowest BCUT2D eigenvalue weighted by Crippen LogP contribution is -2.46. The second-order valence-electron chi connectivity index (χ2n) is 7.46. The molecule has 32 heavy (non-hydrogen) atoms. The molecule has 3 aromatic rings. The zero-order chi connectivity index (χ0) is 22.7. The fraction of sp³-hybridized carbons (Fsp3) is 0.381. The number of hydrogen-bond acceptors (Lipinski definition) is 10. The minimum atomic E-state index is -0.0815. The SMILES string of the molecule is CC[C@@H]1COCCN1c1nc(Oc2ccc(C(=O)N(C)C)cc2)nc(-c2cnc(N)s2)n1. The first-order chi connectivity index (χ1) is 15.4. The van der Waals surface area contributed by atoms with Gasteiger partial charge in [-0.3, -0.25) is 4.79 Å². The van der Waals surface area contributed by atoms with Gasteiger partial charge in [-0.1, -0.05) is 18.3 Å². The number of amides is 1. The number of morpholine rings is 1. The number of ether oxygens (including phenoxy) is 2. The van der Waals surface area contributed by atoms with E-state index in [0.717, 1.165) is 11.3 Å². The highest BCUT2D eigenvalue weighted by atomic mass is 32.1. The number of benzene rings is 1. The second kappa shape index (κ2) is 9.45. The summed E-state index contributed by atoms with van der Waals surface area (Å²) in [6.07, 6.45) is 2.53. The van der Waals surface area contributed by atoms with Crippen LogP contribution in [-0.2, 0) is 4.74 Å². The Labute approximate surface area is 190 Å². The molecule has 10 nitrogen and oxygen atoms in total. The molecule has 1 saturated heterocycles. The molecule has 1 aromatic carbocycles. The normalized spacial score (nSPS) is 16.1. The lowest BCUT2D eigenvalue weighted by molar-refractivity contribution is 0.0827. The molecule has 2 aromatic heterocycles. The van der Waals surface area contributed by atoms with E-state index >= 15 is 0 Å². The molecular weight excluding hydrogens is 430 g/mol. The largest absolute Gasteiger partial charge is 0.424 e. The number of thiazole rings is 1. The first-order valence-corrected chi connectivity index (χ1v) is 11.1. The number of carbonyl (C=O) groups excluding carboxylic acids is 1. The molecule has 0 unspecified atom stereocenters. The van der Waals surface area contributed by atoms with Crippen LogP contribution >= 0.6 is 11.3 Å². The van der Waals surface area contributed by atoms with Crippen LogP contribution in [0.1, 0.15) is 23.7 Å². The molecule has 4 rings (SSSR count). The van der Waals surface area contributed by atoms with E-state index in [9.17, 15) is 4.79 Å². The second-order valence-corrected chi connectivity index (χ2v) is 8.52. The van der Waals surface area contributed by atoms with Crippen molar-refractivity contribution in [2.24, 2.45) is 0 Å². The van der Waals surface area contributed by atoms with Crippen LogP contribution in [0, 0.1) is 0 Å². The summed E-state index contributed by atoms with van der Waals surface area (Å²) >= 11 is 1.30. The third-order valence-corrected chi connectivity index (χ3v) is 5.84. The number of hydrogen-bond donors (Lipinski definition) is 1. The fourth-order valence-electron chi connectivity index (χ4n) is 3.31. The number of nitrogen functional groups attached to an aromatic ring is 1. The van der Waals surface area contributed by atoms with Gasteiger partial charge in [0, 0.05) is 26.2 Å². The molecule has 0 saturated carbocycles. The Morgan fingerprint density at radius 2 is 2.06 bits per heavy atom. The van der Waals surface area contributed by atoms with Gasteiger partial charge in [0.2, 0.25) is 5.95 Å². The van der Waals surface area contributed by atoms with Gasteiger partial charge in [0.25, 0.3) is 5.91 Å². The predicted molar refractivity (Wildman–Crippen MR) is 122 cm³/mol. The van der Waals surface area contributed by atoms with Crippen molar-refractivity contribution in [2.45, 2.75) is 19.4 Å². The van der Waals surface area contributed by atoms with Gasteiger partial charge in [-0.05, 0) is 30.7 Å². The maximum Gasteiger partial charge on any atom is 0.327 e. The maximum absolute atomic E-state index is 12.1. The van der Waals surface area contributed by atoms with Gasteiger partial charge < -0.3 is 25.0 Å². The van der Waals surface area contributed by atoms with Gasteiger partial charge in [-0.25, -0.2) is 4.98 Å². The molecule has 0 spiro atoms. The lowest BCUT2D eigenvalue weighted by atomic mass is 10.2. The van der Waals surface area contributed by atoms with Gasteiger partial charge in [-0.2, -0.15) is 15.0 Å². The Hall–Kier alpha value is -3.31. The Bertz CT molecular complexity index is 1090. The van der Waals surface area contributed by atoms with Crippen LogP contribution in [0.5, 0.6) is 11.8 Å². The first-order valence-electron chi connectivity index (χ1n) is 10.3. The number of nitrogens with zero attached hydrogens (tertiary/aromatic N) is 6. The van der Waals surface area contributed by atoms with Crippen molar-refractivity contribution in [1.82, 2.24) is 24.8 Å². The van der Waals surface area contributed by atoms with Crippen molar-refractivity contribution >= 4 is 28.3 Å². The highest BCUT2D eigenvalue weighted by Gasteiger charge is 2.26. The van der Waals surface area contributed by atoms with Crippen LogP contribution in [0.15, 0.2) is 30.5 Å². The summed E-state index contributed by atoms with van der Waals surface area (Å²) in [4.78, 5) is 34.3. The Morgan fingerprint density at radius 3 is 2.72 bits per heavy atom. The van der Waals surface area contributed by atoms with Gasteiger partial charge in [0.15, 0.2) is 11.0 Å². The number of carbonyl (C=O) groups is 1.